The average molecular weight is 437 g/mol. The number of carbonyl (C=O) groups excluding carboxylic acids is 1. The molecule has 2 heterocycles. The van der Waals surface area contributed by atoms with Gasteiger partial charge in [0.2, 0.25) is 0 Å². The molecule has 6 nitrogen and oxygen atoms in total. The number of furan rings is 1. The predicted octanol–water partition coefficient (Wildman–Crippen LogP) is 5.84. The van der Waals surface area contributed by atoms with Crippen molar-refractivity contribution in [2.75, 3.05) is 12.0 Å². The number of anilines is 1. The molecular formula is C24H24N2O4S. The summed E-state index contributed by atoms with van der Waals surface area (Å²) in [5, 5.41) is 0.589. The maximum Gasteiger partial charge on any atom is 0.260 e. The van der Waals surface area contributed by atoms with E-state index in [1.165, 1.54) is 11.3 Å². The summed E-state index contributed by atoms with van der Waals surface area (Å²) >= 11 is 1.47. The Morgan fingerprint density at radius 1 is 1.16 bits per heavy atom. The van der Waals surface area contributed by atoms with Gasteiger partial charge >= 0.3 is 0 Å². The smallest absolute Gasteiger partial charge is 0.260 e. The van der Waals surface area contributed by atoms with E-state index in [9.17, 15) is 4.79 Å². The van der Waals surface area contributed by atoms with Crippen molar-refractivity contribution >= 4 is 32.6 Å². The number of benzene rings is 2. The van der Waals surface area contributed by atoms with E-state index in [0.717, 1.165) is 21.5 Å². The molecule has 0 spiro atoms. The Morgan fingerprint density at radius 2 is 1.94 bits per heavy atom. The van der Waals surface area contributed by atoms with Crippen LogP contribution in [-0.2, 0) is 6.54 Å². The molecule has 0 N–H and O–H groups in total. The van der Waals surface area contributed by atoms with Gasteiger partial charge in [-0.25, -0.2) is 4.98 Å². The molecule has 2 aromatic carbocycles. The van der Waals surface area contributed by atoms with Gasteiger partial charge in [-0.2, -0.15) is 0 Å². The molecule has 0 unspecified atom stereocenters. The van der Waals surface area contributed by atoms with Gasteiger partial charge in [0.05, 0.1) is 30.7 Å². The zero-order valence-corrected chi connectivity index (χ0v) is 18.7. The van der Waals surface area contributed by atoms with Crippen molar-refractivity contribution in [1.82, 2.24) is 4.98 Å². The van der Waals surface area contributed by atoms with Gasteiger partial charge in [-0.05, 0) is 68.8 Å². The second kappa shape index (κ2) is 8.81. The number of hydrogen-bond donors (Lipinski definition) is 0. The molecule has 31 heavy (non-hydrogen) atoms. The molecular weight excluding hydrogens is 412 g/mol. The molecule has 7 heteroatoms. The highest BCUT2D eigenvalue weighted by Crippen LogP contribution is 2.37. The van der Waals surface area contributed by atoms with Gasteiger partial charge in [0.1, 0.15) is 22.8 Å². The quantitative estimate of drug-likeness (QED) is 0.364. The molecule has 0 saturated heterocycles. The van der Waals surface area contributed by atoms with Gasteiger partial charge in [0, 0.05) is 5.56 Å². The lowest BCUT2D eigenvalue weighted by Gasteiger charge is -2.19. The normalized spacial score (nSPS) is 11.1. The van der Waals surface area contributed by atoms with E-state index in [-0.39, 0.29) is 18.6 Å². The lowest BCUT2D eigenvalue weighted by molar-refractivity contribution is 0.0983. The largest absolute Gasteiger partial charge is 0.494 e. The first-order chi connectivity index (χ1) is 15.0. The lowest BCUT2D eigenvalue weighted by atomic mass is 10.2. The monoisotopic (exact) mass is 436 g/mol. The summed E-state index contributed by atoms with van der Waals surface area (Å²) in [5.41, 5.74) is 2.38. The average Bonchev–Trinajstić information content (AvgIpc) is 3.42. The van der Waals surface area contributed by atoms with Crippen LogP contribution in [0, 0.1) is 6.92 Å². The highest BCUT2D eigenvalue weighted by molar-refractivity contribution is 7.22. The minimum atomic E-state index is -0.164. The second-order valence-corrected chi connectivity index (χ2v) is 8.40. The van der Waals surface area contributed by atoms with Gasteiger partial charge in [-0.3, -0.25) is 9.69 Å². The van der Waals surface area contributed by atoms with Crippen molar-refractivity contribution in [3.63, 3.8) is 0 Å². The molecule has 0 saturated carbocycles. The van der Waals surface area contributed by atoms with Crippen LogP contribution in [0.2, 0.25) is 0 Å². The van der Waals surface area contributed by atoms with Gasteiger partial charge in [0.15, 0.2) is 5.13 Å². The minimum absolute atomic E-state index is 0.0676. The Balaban J connectivity index is 1.73. The van der Waals surface area contributed by atoms with Crippen LogP contribution in [0.3, 0.4) is 0 Å². The van der Waals surface area contributed by atoms with Crippen molar-refractivity contribution in [3.05, 3.63) is 71.7 Å². The van der Waals surface area contributed by atoms with Crippen LogP contribution in [-0.4, -0.2) is 24.1 Å². The fourth-order valence-corrected chi connectivity index (χ4v) is 4.32. The Kier molecular flexibility index (Phi) is 5.95. The van der Waals surface area contributed by atoms with Crippen LogP contribution >= 0.6 is 11.3 Å². The molecule has 1 amide bonds. The number of fused-ring (bicyclic) bond motifs is 1. The Bertz CT molecular complexity index is 1180. The highest BCUT2D eigenvalue weighted by atomic mass is 32.1. The topological polar surface area (TPSA) is 64.8 Å². The summed E-state index contributed by atoms with van der Waals surface area (Å²) in [5.74, 6) is 1.92. The van der Waals surface area contributed by atoms with Crippen LogP contribution in [0.1, 0.15) is 35.5 Å². The third-order valence-electron chi connectivity index (χ3n) is 4.76. The summed E-state index contributed by atoms with van der Waals surface area (Å²) in [7, 11) is 1.62. The third-order valence-corrected chi connectivity index (χ3v) is 5.97. The van der Waals surface area contributed by atoms with Crippen molar-refractivity contribution in [2.24, 2.45) is 0 Å². The van der Waals surface area contributed by atoms with Crippen LogP contribution in [0.4, 0.5) is 5.13 Å². The number of rotatable bonds is 7. The number of carbonyl (C=O) groups is 1. The summed E-state index contributed by atoms with van der Waals surface area (Å²) in [6.07, 6.45) is 1.67. The summed E-state index contributed by atoms with van der Waals surface area (Å²) in [6.45, 7) is 6.23. The molecule has 0 fully saturated rings. The summed E-state index contributed by atoms with van der Waals surface area (Å²) < 4.78 is 17.7. The van der Waals surface area contributed by atoms with Crippen molar-refractivity contribution < 1.29 is 18.7 Å². The van der Waals surface area contributed by atoms with E-state index in [4.69, 9.17) is 18.9 Å². The van der Waals surface area contributed by atoms with Crippen molar-refractivity contribution in [1.29, 1.82) is 0 Å². The molecule has 0 bridgehead atoms. The number of ether oxygens (including phenoxy) is 2. The van der Waals surface area contributed by atoms with Crippen LogP contribution in [0.15, 0.2) is 59.2 Å². The molecule has 0 aliphatic carbocycles. The van der Waals surface area contributed by atoms with E-state index in [1.807, 2.05) is 57.2 Å². The SMILES string of the molecule is COc1ccc(C)c2sc(N(Cc3ccco3)C(=O)c3ccc(OC(C)C)cc3)nc12. The Hall–Kier alpha value is -3.32. The number of hydrogen-bond acceptors (Lipinski definition) is 6. The van der Waals surface area contributed by atoms with E-state index < -0.39 is 0 Å². The van der Waals surface area contributed by atoms with Crippen LogP contribution < -0.4 is 14.4 Å². The van der Waals surface area contributed by atoms with Crippen molar-refractivity contribution in [3.8, 4) is 11.5 Å². The van der Waals surface area contributed by atoms with Gasteiger partial charge in [-0.15, -0.1) is 0 Å². The number of aryl methyl sites for hydroxylation is 1. The van der Waals surface area contributed by atoms with E-state index in [1.54, 1.807) is 30.4 Å². The fourth-order valence-electron chi connectivity index (χ4n) is 3.27. The number of methoxy groups -OCH3 is 1. The van der Waals surface area contributed by atoms with E-state index >= 15 is 0 Å². The predicted molar refractivity (Wildman–Crippen MR) is 122 cm³/mol. The molecule has 160 valence electrons. The first-order valence-corrected chi connectivity index (χ1v) is 10.8. The molecule has 0 atom stereocenters. The molecule has 4 rings (SSSR count). The zero-order valence-electron chi connectivity index (χ0n) is 17.9. The molecule has 2 aromatic heterocycles. The maximum atomic E-state index is 13.5. The zero-order chi connectivity index (χ0) is 22.0. The van der Waals surface area contributed by atoms with Gasteiger partial charge in [0.25, 0.3) is 5.91 Å². The molecule has 0 aliphatic rings. The van der Waals surface area contributed by atoms with Crippen LogP contribution in [0.25, 0.3) is 10.2 Å². The number of thiazole rings is 1. The number of amides is 1. The standard InChI is InChI=1S/C24H24N2O4S/c1-15(2)30-18-10-8-17(9-11-18)23(27)26(14-19-6-5-13-29-19)24-25-21-20(28-4)12-7-16(3)22(21)31-24/h5-13,15H,14H2,1-4H3. The maximum absolute atomic E-state index is 13.5. The number of nitrogens with zero attached hydrogens (tertiary/aromatic N) is 2. The van der Waals surface area contributed by atoms with Gasteiger partial charge < -0.3 is 13.9 Å². The van der Waals surface area contributed by atoms with E-state index in [0.29, 0.717) is 22.2 Å². The second-order valence-electron chi connectivity index (χ2n) is 7.42. The van der Waals surface area contributed by atoms with Gasteiger partial charge in [-0.1, -0.05) is 17.4 Å². The van der Waals surface area contributed by atoms with Crippen molar-refractivity contribution in [2.45, 2.75) is 33.4 Å². The molecule has 4 aromatic rings. The fraction of sp³-hybridized carbons (Fsp3) is 0.250. The molecule has 0 aliphatic heterocycles. The highest BCUT2D eigenvalue weighted by Gasteiger charge is 2.24. The first kappa shape index (κ1) is 20.9. The third kappa shape index (κ3) is 4.41. The number of aromatic nitrogens is 1. The molecule has 0 radical (unpaired) electrons. The summed E-state index contributed by atoms with van der Waals surface area (Å²) in [4.78, 5) is 19.9. The Morgan fingerprint density at radius 3 is 2.58 bits per heavy atom. The first-order valence-electron chi connectivity index (χ1n) is 10.0. The lowest BCUT2D eigenvalue weighted by Crippen LogP contribution is -2.30. The van der Waals surface area contributed by atoms with Crippen LogP contribution in [0.5, 0.6) is 11.5 Å². The Labute approximate surface area is 185 Å². The van der Waals surface area contributed by atoms with E-state index in [2.05, 4.69) is 0 Å². The summed E-state index contributed by atoms with van der Waals surface area (Å²) in [6, 6.07) is 14.7. The minimum Gasteiger partial charge on any atom is -0.494 e.